The zero-order valence-corrected chi connectivity index (χ0v) is 4.42. The Morgan fingerprint density at radius 3 is 2.29 bits per heavy atom. The van der Waals surface area contributed by atoms with Gasteiger partial charge in [0.25, 0.3) is 0 Å². The molecule has 0 amide bonds. The van der Waals surface area contributed by atoms with Gasteiger partial charge in [-0.1, -0.05) is 6.92 Å². The summed E-state index contributed by atoms with van der Waals surface area (Å²) in [5.74, 6) is 0. The lowest BCUT2D eigenvalue weighted by molar-refractivity contribution is -0.508. The van der Waals surface area contributed by atoms with Crippen molar-refractivity contribution in [2.45, 2.75) is 19.9 Å². The number of hydrogen-bond acceptors (Lipinski definition) is 2. The zero-order chi connectivity index (χ0) is 5.86. The van der Waals surface area contributed by atoms with Crippen LogP contribution in [0.5, 0.6) is 0 Å². The van der Waals surface area contributed by atoms with Gasteiger partial charge >= 0.3 is 0 Å². The second kappa shape index (κ2) is 2.55. The van der Waals surface area contributed by atoms with Crippen LogP contribution in [0.15, 0.2) is 0 Å². The van der Waals surface area contributed by atoms with Crippen LogP contribution < -0.4 is 0 Å². The summed E-state index contributed by atoms with van der Waals surface area (Å²) in [7, 11) is 0. The van der Waals surface area contributed by atoms with Gasteiger partial charge in [0.2, 0.25) is 6.04 Å². The van der Waals surface area contributed by atoms with Crippen LogP contribution in [0.4, 0.5) is 0 Å². The van der Waals surface area contributed by atoms with Crippen LogP contribution in [0, 0.1) is 16.5 Å². The number of nitrogens with zero attached hydrogens (tertiary/aromatic N) is 1. The molecule has 7 heavy (non-hydrogen) atoms. The average Bonchev–Trinajstić information content (AvgIpc) is 1.65. The molecule has 0 spiro atoms. The molecule has 0 bridgehead atoms. The highest BCUT2D eigenvalue weighted by Gasteiger charge is 2.06. The maximum Gasteiger partial charge on any atom is 0.213 e. The van der Waals surface area contributed by atoms with Gasteiger partial charge in [-0.15, -0.1) is 0 Å². The fourth-order valence-corrected chi connectivity index (χ4v) is 0.122. The Labute approximate surface area is 42.5 Å². The topological polar surface area (TPSA) is 43.1 Å². The van der Waals surface area contributed by atoms with Gasteiger partial charge in [-0.25, -0.2) is 0 Å². The van der Waals surface area contributed by atoms with Crippen LogP contribution in [0.25, 0.3) is 0 Å². The van der Waals surface area contributed by atoms with E-state index in [9.17, 15) is 10.1 Å². The van der Waals surface area contributed by atoms with Gasteiger partial charge in [0.1, 0.15) is 0 Å². The molecule has 0 rings (SSSR count). The molecule has 0 aromatic heterocycles. The van der Waals surface area contributed by atoms with Crippen molar-refractivity contribution in [3.8, 4) is 0 Å². The molecule has 0 fully saturated rings. The zero-order valence-electron chi connectivity index (χ0n) is 4.42. The van der Waals surface area contributed by atoms with Gasteiger partial charge in [0.05, 0.1) is 0 Å². The SMILES string of the molecule is C[CH]C(C)[N+](=O)[O-]. The Morgan fingerprint density at radius 2 is 2.29 bits per heavy atom. The molecule has 3 heteroatoms. The molecule has 0 aliphatic rings. The smallest absolute Gasteiger partial charge is 0.213 e. The highest BCUT2D eigenvalue weighted by atomic mass is 16.6. The highest BCUT2D eigenvalue weighted by molar-refractivity contribution is 4.62. The number of rotatable bonds is 2. The monoisotopic (exact) mass is 102 g/mol. The molecule has 0 aliphatic heterocycles. The van der Waals surface area contributed by atoms with Crippen molar-refractivity contribution in [1.29, 1.82) is 0 Å². The van der Waals surface area contributed by atoms with Crippen molar-refractivity contribution in [3.05, 3.63) is 16.5 Å². The van der Waals surface area contributed by atoms with E-state index in [1.165, 1.54) is 0 Å². The Hall–Kier alpha value is -0.600. The van der Waals surface area contributed by atoms with Gasteiger partial charge in [-0.3, -0.25) is 10.1 Å². The Kier molecular flexibility index (Phi) is 2.33. The third kappa shape index (κ3) is 2.14. The number of hydrogen-bond donors (Lipinski definition) is 0. The molecule has 0 saturated heterocycles. The predicted molar refractivity (Wildman–Crippen MR) is 26.4 cm³/mol. The van der Waals surface area contributed by atoms with Gasteiger partial charge in [0, 0.05) is 18.3 Å². The fraction of sp³-hybridized carbons (Fsp3) is 0.750. The van der Waals surface area contributed by atoms with Crippen LogP contribution >= 0.6 is 0 Å². The summed E-state index contributed by atoms with van der Waals surface area (Å²) >= 11 is 0. The van der Waals surface area contributed by atoms with Gasteiger partial charge in [-0.2, -0.15) is 0 Å². The second-order valence-electron chi connectivity index (χ2n) is 1.36. The molecule has 0 saturated carbocycles. The summed E-state index contributed by atoms with van der Waals surface area (Å²) in [6.45, 7) is 3.22. The van der Waals surface area contributed by atoms with Crippen molar-refractivity contribution >= 4 is 0 Å². The minimum Gasteiger partial charge on any atom is -0.264 e. The standard InChI is InChI=1S/C4H8NO2/c1-3-4(2)5(6)7/h3-4H,1-2H3. The van der Waals surface area contributed by atoms with Crippen LogP contribution in [-0.2, 0) is 0 Å². The molecule has 0 aromatic rings. The first-order valence-corrected chi connectivity index (χ1v) is 2.11. The normalized spacial score (nSPS) is 13.4. The first kappa shape index (κ1) is 6.40. The molecule has 1 radical (unpaired) electrons. The third-order valence-corrected chi connectivity index (χ3v) is 0.815. The van der Waals surface area contributed by atoms with E-state index < -0.39 is 6.04 Å². The van der Waals surface area contributed by atoms with E-state index in [2.05, 4.69) is 0 Å². The molecule has 0 aromatic carbocycles. The Bertz CT molecular complexity index is 72.1. The first-order valence-electron chi connectivity index (χ1n) is 2.11. The average molecular weight is 102 g/mol. The first-order chi connectivity index (χ1) is 3.18. The Morgan fingerprint density at radius 1 is 1.86 bits per heavy atom. The molecular weight excluding hydrogens is 94.0 g/mol. The van der Waals surface area contributed by atoms with Crippen molar-refractivity contribution in [3.63, 3.8) is 0 Å². The summed E-state index contributed by atoms with van der Waals surface area (Å²) in [6.07, 6.45) is 1.54. The highest BCUT2D eigenvalue weighted by Crippen LogP contribution is 1.89. The predicted octanol–water partition coefficient (Wildman–Crippen LogP) is 0.876. The molecule has 1 atom stereocenters. The lowest BCUT2D eigenvalue weighted by Crippen LogP contribution is -2.13. The van der Waals surface area contributed by atoms with Crippen LogP contribution in [0.1, 0.15) is 13.8 Å². The quantitative estimate of drug-likeness (QED) is 0.383. The molecule has 41 valence electrons. The number of nitro groups is 1. The van der Waals surface area contributed by atoms with E-state index in [0.29, 0.717) is 0 Å². The van der Waals surface area contributed by atoms with Crippen molar-refractivity contribution in [1.82, 2.24) is 0 Å². The maximum absolute atomic E-state index is 9.70. The Balaban J connectivity index is 3.34. The van der Waals surface area contributed by atoms with Gasteiger partial charge < -0.3 is 0 Å². The summed E-state index contributed by atoms with van der Waals surface area (Å²) in [6, 6.07) is -0.500. The van der Waals surface area contributed by atoms with E-state index in [4.69, 9.17) is 0 Å². The van der Waals surface area contributed by atoms with E-state index in [1.807, 2.05) is 0 Å². The van der Waals surface area contributed by atoms with Crippen molar-refractivity contribution < 1.29 is 4.92 Å². The second-order valence-corrected chi connectivity index (χ2v) is 1.36. The summed E-state index contributed by atoms with van der Waals surface area (Å²) in [5, 5.41) is 9.70. The summed E-state index contributed by atoms with van der Waals surface area (Å²) < 4.78 is 0. The van der Waals surface area contributed by atoms with E-state index >= 15 is 0 Å². The van der Waals surface area contributed by atoms with Gasteiger partial charge in [0.15, 0.2) is 0 Å². The largest absolute Gasteiger partial charge is 0.264 e. The summed E-state index contributed by atoms with van der Waals surface area (Å²) in [4.78, 5) is 9.37. The van der Waals surface area contributed by atoms with E-state index in [1.54, 1.807) is 20.3 Å². The minimum absolute atomic E-state index is 0.333. The maximum atomic E-state index is 9.70. The molecule has 0 heterocycles. The lowest BCUT2D eigenvalue weighted by Gasteiger charge is -1.94. The lowest BCUT2D eigenvalue weighted by atomic mass is 10.3. The van der Waals surface area contributed by atoms with Crippen molar-refractivity contribution in [2.24, 2.45) is 0 Å². The third-order valence-electron chi connectivity index (χ3n) is 0.815. The molecule has 1 unspecified atom stereocenters. The fourth-order valence-electron chi connectivity index (χ4n) is 0.122. The van der Waals surface area contributed by atoms with Gasteiger partial charge in [-0.05, 0) is 0 Å². The minimum atomic E-state index is -0.500. The molecule has 0 aliphatic carbocycles. The molecular formula is C4H8NO2. The van der Waals surface area contributed by atoms with Crippen LogP contribution in [0.3, 0.4) is 0 Å². The molecule has 0 N–H and O–H groups in total. The van der Waals surface area contributed by atoms with Crippen LogP contribution in [0.2, 0.25) is 0 Å². The molecule has 3 nitrogen and oxygen atoms in total. The van der Waals surface area contributed by atoms with Crippen molar-refractivity contribution in [2.75, 3.05) is 0 Å². The van der Waals surface area contributed by atoms with E-state index in [0.717, 1.165) is 0 Å². The summed E-state index contributed by atoms with van der Waals surface area (Å²) in [5.41, 5.74) is 0. The van der Waals surface area contributed by atoms with E-state index in [-0.39, 0.29) is 4.92 Å². The van der Waals surface area contributed by atoms with Crippen LogP contribution in [-0.4, -0.2) is 11.0 Å².